The van der Waals surface area contributed by atoms with Crippen LogP contribution in [0.4, 0.5) is 10.1 Å². The SMILES string of the molecule is Cc1cccc(N(CC(=O)N(Cc2ccc(F)cc2)C(C)C(=O)NCC(C)C)S(C)(=O)=O)c1. The molecule has 1 N–H and O–H groups in total. The van der Waals surface area contributed by atoms with Crippen LogP contribution >= 0.6 is 0 Å². The van der Waals surface area contributed by atoms with E-state index in [-0.39, 0.29) is 18.4 Å². The molecule has 2 aromatic carbocycles. The quantitative estimate of drug-likeness (QED) is 0.570. The summed E-state index contributed by atoms with van der Waals surface area (Å²) in [6.45, 7) is 7.34. The van der Waals surface area contributed by atoms with Crippen molar-refractivity contribution in [2.24, 2.45) is 5.92 Å². The van der Waals surface area contributed by atoms with Crippen LogP contribution in [0, 0.1) is 18.7 Å². The lowest BCUT2D eigenvalue weighted by Gasteiger charge is -2.31. The van der Waals surface area contributed by atoms with Gasteiger partial charge in [-0.3, -0.25) is 13.9 Å². The lowest BCUT2D eigenvalue weighted by molar-refractivity contribution is -0.139. The summed E-state index contributed by atoms with van der Waals surface area (Å²) in [5.74, 6) is -1.08. The first kappa shape index (κ1) is 26.3. The van der Waals surface area contributed by atoms with Crippen molar-refractivity contribution in [3.8, 4) is 0 Å². The van der Waals surface area contributed by atoms with Crippen LogP contribution in [-0.4, -0.2) is 50.5 Å². The Morgan fingerprint density at radius 1 is 1.06 bits per heavy atom. The molecule has 0 bridgehead atoms. The van der Waals surface area contributed by atoms with E-state index >= 15 is 0 Å². The van der Waals surface area contributed by atoms with Crippen molar-refractivity contribution in [3.05, 3.63) is 65.5 Å². The summed E-state index contributed by atoms with van der Waals surface area (Å²) in [7, 11) is -3.77. The molecule has 0 saturated heterocycles. The number of aryl methyl sites for hydroxylation is 1. The summed E-state index contributed by atoms with van der Waals surface area (Å²) in [4.78, 5) is 27.4. The van der Waals surface area contributed by atoms with Crippen LogP contribution in [0.5, 0.6) is 0 Å². The zero-order valence-electron chi connectivity index (χ0n) is 19.7. The summed E-state index contributed by atoms with van der Waals surface area (Å²) in [6, 6.07) is 11.6. The van der Waals surface area contributed by atoms with E-state index in [9.17, 15) is 22.4 Å². The van der Waals surface area contributed by atoms with E-state index in [1.54, 1.807) is 25.1 Å². The topological polar surface area (TPSA) is 86.8 Å². The van der Waals surface area contributed by atoms with E-state index in [4.69, 9.17) is 0 Å². The minimum atomic E-state index is -3.77. The molecule has 1 atom stereocenters. The fourth-order valence-electron chi connectivity index (χ4n) is 3.22. The molecule has 7 nitrogen and oxygen atoms in total. The Bertz CT molecular complexity index is 1070. The van der Waals surface area contributed by atoms with Gasteiger partial charge in [-0.15, -0.1) is 0 Å². The van der Waals surface area contributed by atoms with Crippen molar-refractivity contribution in [1.82, 2.24) is 10.2 Å². The number of halogens is 1. The number of hydrogen-bond acceptors (Lipinski definition) is 4. The number of benzene rings is 2. The number of sulfonamides is 1. The second kappa shape index (κ2) is 11.3. The van der Waals surface area contributed by atoms with E-state index in [0.29, 0.717) is 17.8 Å². The number of carbonyl (C=O) groups excluding carboxylic acids is 2. The van der Waals surface area contributed by atoms with Crippen LogP contribution in [-0.2, 0) is 26.2 Å². The third-order valence-electron chi connectivity index (χ3n) is 5.09. The summed E-state index contributed by atoms with van der Waals surface area (Å²) in [5, 5.41) is 2.81. The van der Waals surface area contributed by atoms with Crippen LogP contribution in [0.1, 0.15) is 31.9 Å². The molecular weight excluding hydrogens is 445 g/mol. The van der Waals surface area contributed by atoms with Crippen molar-refractivity contribution in [2.75, 3.05) is 23.7 Å². The van der Waals surface area contributed by atoms with Gasteiger partial charge in [0.2, 0.25) is 21.8 Å². The average molecular weight is 478 g/mol. The van der Waals surface area contributed by atoms with Gasteiger partial charge in [0.25, 0.3) is 0 Å². The van der Waals surface area contributed by atoms with Crippen LogP contribution in [0.2, 0.25) is 0 Å². The molecule has 1 unspecified atom stereocenters. The minimum Gasteiger partial charge on any atom is -0.354 e. The fraction of sp³-hybridized carbons (Fsp3) is 0.417. The molecule has 180 valence electrons. The van der Waals surface area contributed by atoms with Crippen molar-refractivity contribution in [3.63, 3.8) is 0 Å². The zero-order valence-corrected chi connectivity index (χ0v) is 20.5. The number of amides is 2. The molecule has 2 amide bonds. The Kier molecular flexibility index (Phi) is 8.99. The predicted octanol–water partition coefficient (Wildman–Crippen LogP) is 3.09. The highest BCUT2D eigenvalue weighted by Crippen LogP contribution is 2.20. The number of hydrogen-bond donors (Lipinski definition) is 1. The maximum atomic E-state index is 13.4. The van der Waals surface area contributed by atoms with Crippen molar-refractivity contribution in [1.29, 1.82) is 0 Å². The van der Waals surface area contributed by atoms with Gasteiger partial charge >= 0.3 is 0 Å². The highest BCUT2D eigenvalue weighted by molar-refractivity contribution is 7.92. The molecule has 0 heterocycles. The molecule has 0 fully saturated rings. The van der Waals surface area contributed by atoms with E-state index < -0.39 is 34.3 Å². The van der Waals surface area contributed by atoms with Gasteiger partial charge in [0.05, 0.1) is 11.9 Å². The fourth-order valence-corrected chi connectivity index (χ4v) is 4.06. The highest BCUT2D eigenvalue weighted by atomic mass is 32.2. The summed E-state index contributed by atoms with van der Waals surface area (Å²) >= 11 is 0. The number of carbonyl (C=O) groups is 2. The number of anilines is 1. The number of nitrogens with one attached hydrogen (secondary N) is 1. The lowest BCUT2D eigenvalue weighted by Crippen LogP contribution is -2.51. The zero-order chi connectivity index (χ0) is 24.8. The monoisotopic (exact) mass is 477 g/mol. The molecule has 0 aliphatic rings. The van der Waals surface area contributed by atoms with Crippen LogP contribution in [0.3, 0.4) is 0 Å². The van der Waals surface area contributed by atoms with Gasteiger partial charge in [0, 0.05) is 13.1 Å². The lowest BCUT2D eigenvalue weighted by atomic mass is 10.1. The molecule has 0 radical (unpaired) electrons. The molecule has 0 spiro atoms. The largest absolute Gasteiger partial charge is 0.354 e. The predicted molar refractivity (Wildman–Crippen MR) is 128 cm³/mol. The summed E-state index contributed by atoms with van der Waals surface area (Å²) in [5.41, 5.74) is 1.83. The van der Waals surface area contributed by atoms with Gasteiger partial charge in [0.1, 0.15) is 18.4 Å². The Labute approximate surface area is 195 Å². The normalized spacial score (nSPS) is 12.3. The smallest absolute Gasteiger partial charge is 0.244 e. The van der Waals surface area contributed by atoms with E-state index in [1.807, 2.05) is 26.8 Å². The van der Waals surface area contributed by atoms with Crippen molar-refractivity contribution < 1.29 is 22.4 Å². The molecule has 0 saturated carbocycles. The van der Waals surface area contributed by atoms with Gasteiger partial charge in [0.15, 0.2) is 0 Å². The number of rotatable bonds is 10. The first-order chi connectivity index (χ1) is 15.4. The third-order valence-corrected chi connectivity index (χ3v) is 6.23. The van der Waals surface area contributed by atoms with E-state index in [1.165, 1.54) is 29.2 Å². The van der Waals surface area contributed by atoms with Gasteiger partial charge in [-0.25, -0.2) is 12.8 Å². The molecule has 2 aromatic rings. The maximum Gasteiger partial charge on any atom is 0.244 e. The highest BCUT2D eigenvalue weighted by Gasteiger charge is 2.30. The Balaban J connectivity index is 2.35. The van der Waals surface area contributed by atoms with Gasteiger partial charge in [-0.2, -0.15) is 0 Å². The van der Waals surface area contributed by atoms with Gasteiger partial charge in [-0.05, 0) is 55.2 Å². The van der Waals surface area contributed by atoms with Crippen molar-refractivity contribution >= 4 is 27.5 Å². The number of nitrogens with zero attached hydrogens (tertiary/aromatic N) is 2. The second-order valence-corrected chi connectivity index (χ2v) is 10.5. The molecule has 0 aliphatic heterocycles. The Hall–Kier alpha value is -2.94. The Morgan fingerprint density at radius 3 is 2.24 bits per heavy atom. The first-order valence-electron chi connectivity index (χ1n) is 10.7. The van der Waals surface area contributed by atoms with Crippen LogP contribution < -0.4 is 9.62 Å². The van der Waals surface area contributed by atoms with Gasteiger partial charge < -0.3 is 10.2 Å². The molecule has 9 heteroatoms. The van der Waals surface area contributed by atoms with Crippen LogP contribution in [0.15, 0.2) is 48.5 Å². The molecule has 0 aromatic heterocycles. The molecule has 2 rings (SSSR count). The van der Waals surface area contributed by atoms with E-state index in [0.717, 1.165) is 16.1 Å². The average Bonchev–Trinajstić information content (AvgIpc) is 2.73. The molecule has 0 aliphatic carbocycles. The first-order valence-corrected chi connectivity index (χ1v) is 12.6. The standard InChI is InChI=1S/C24H32FN3O4S/c1-17(2)14-26-24(30)19(4)27(15-20-9-11-21(25)12-10-20)23(29)16-28(33(5,31)32)22-8-6-7-18(3)13-22/h6-13,17,19H,14-16H2,1-5H3,(H,26,30). The molecular formula is C24H32FN3O4S. The van der Waals surface area contributed by atoms with Crippen LogP contribution in [0.25, 0.3) is 0 Å². The summed E-state index contributed by atoms with van der Waals surface area (Å²) < 4.78 is 39.4. The van der Waals surface area contributed by atoms with Gasteiger partial charge in [-0.1, -0.05) is 38.1 Å². The Morgan fingerprint density at radius 2 is 1.70 bits per heavy atom. The summed E-state index contributed by atoms with van der Waals surface area (Å²) in [6.07, 6.45) is 1.03. The third kappa shape index (κ3) is 7.85. The second-order valence-electron chi connectivity index (χ2n) is 8.57. The molecule has 33 heavy (non-hydrogen) atoms. The van der Waals surface area contributed by atoms with E-state index in [2.05, 4.69) is 5.32 Å². The van der Waals surface area contributed by atoms with Crippen molar-refractivity contribution in [2.45, 2.75) is 40.3 Å². The minimum absolute atomic E-state index is 0.0286. The maximum absolute atomic E-state index is 13.4.